The topological polar surface area (TPSA) is 85.6 Å². The smallest absolute Gasteiger partial charge is 0.236 e. The summed E-state index contributed by atoms with van der Waals surface area (Å²) in [4.78, 5) is 22.3. The summed E-state index contributed by atoms with van der Waals surface area (Å²) < 4.78 is 1.94. The molecular weight excluding hydrogens is 535 g/mol. The van der Waals surface area contributed by atoms with E-state index in [1.807, 2.05) is 41.9 Å². The Labute approximate surface area is 217 Å². The number of fused-ring (bicyclic) bond motifs is 3. The molecule has 5 rings (SSSR count). The van der Waals surface area contributed by atoms with E-state index < -0.39 is 0 Å². The molecule has 5 aromatic rings. The highest BCUT2D eigenvalue weighted by Gasteiger charge is 2.15. The van der Waals surface area contributed by atoms with Gasteiger partial charge in [-0.05, 0) is 35.9 Å². The first kappa shape index (κ1) is 23.3. The summed E-state index contributed by atoms with van der Waals surface area (Å²) in [5, 5.41) is 14.8. The van der Waals surface area contributed by atoms with Gasteiger partial charge in [-0.25, -0.2) is 9.97 Å². The van der Waals surface area contributed by atoms with E-state index in [2.05, 4.69) is 25.5 Å². The number of carbonyl (C=O) groups is 1. The molecule has 1 N–H and O–H groups in total. The zero-order chi connectivity index (χ0) is 23.8. The van der Waals surface area contributed by atoms with Crippen molar-refractivity contribution < 1.29 is 4.79 Å². The quantitative estimate of drug-likeness (QED) is 0.252. The summed E-state index contributed by atoms with van der Waals surface area (Å²) in [6, 6.07) is 11.1. The molecule has 2 aromatic carbocycles. The van der Waals surface area contributed by atoms with Crippen LogP contribution in [0.4, 0.5) is 5.13 Å². The average Bonchev–Trinajstić information content (AvgIpc) is 3.36. The molecule has 0 saturated heterocycles. The van der Waals surface area contributed by atoms with Gasteiger partial charge in [0.25, 0.3) is 0 Å². The Bertz CT molecular complexity index is 1550. The van der Waals surface area contributed by atoms with E-state index in [-0.39, 0.29) is 11.7 Å². The third-order valence-corrected chi connectivity index (χ3v) is 7.76. The largest absolute Gasteiger partial charge is 0.327 e. The van der Waals surface area contributed by atoms with Crippen LogP contribution in [0.5, 0.6) is 0 Å². The van der Waals surface area contributed by atoms with Crippen LogP contribution in [0, 0.1) is 0 Å². The van der Waals surface area contributed by atoms with Crippen LogP contribution in [0.25, 0.3) is 22.1 Å². The number of amides is 1. The summed E-state index contributed by atoms with van der Waals surface area (Å²) in [7, 11) is 1.91. The molecule has 0 radical (unpaired) electrons. The van der Waals surface area contributed by atoms with Crippen LogP contribution in [-0.4, -0.2) is 36.4 Å². The first-order valence-electron chi connectivity index (χ1n) is 9.97. The summed E-state index contributed by atoms with van der Waals surface area (Å²) in [5.74, 6) is -0.0713. The monoisotopic (exact) mass is 548 g/mol. The number of hydrogen-bond donors (Lipinski definition) is 1. The highest BCUT2D eigenvalue weighted by molar-refractivity contribution is 7.99. The number of anilines is 1. The van der Waals surface area contributed by atoms with E-state index in [9.17, 15) is 4.79 Å². The standard InChI is InChI=1S/C22H15Cl3N6OS2/c1-31-17-5-3-12(23)8-14(17)19-20(31)28-22(30-29-19)33-10-18(32)27-21-26-9-13(34-21)6-11-2-4-15(24)16(25)7-11/h2-5,7-9H,6,10H2,1H3,(H,26,27,32). The van der Waals surface area contributed by atoms with Crippen molar-refractivity contribution >= 4 is 91.0 Å². The van der Waals surface area contributed by atoms with E-state index in [0.29, 0.717) is 42.9 Å². The highest BCUT2D eigenvalue weighted by atomic mass is 35.5. The molecular formula is C22H15Cl3N6OS2. The number of aromatic nitrogens is 5. The number of thioether (sulfide) groups is 1. The molecule has 34 heavy (non-hydrogen) atoms. The van der Waals surface area contributed by atoms with Crippen molar-refractivity contribution in [1.82, 2.24) is 24.7 Å². The van der Waals surface area contributed by atoms with E-state index in [4.69, 9.17) is 34.8 Å². The number of aryl methyl sites for hydroxylation is 1. The molecule has 3 aromatic heterocycles. The minimum absolute atomic E-state index is 0.130. The molecule has 0 atom stereocenters. The van der Waals surface area contributed by atoms with E-state index in [1.54, 1.807) is 12.3 Å². The van der Waals surface area contributed by atoms with Crippen LogP contribution in [0.3, 0.4) is 0 Å². The SMILES string of the molecule is Cn1c2ccc(Cl)cc2c2nnc(SCC(=O)Nc3ncc(Cc4ccc(Cl)c(Cl)c4)s3)nc21. The van der Waals surface area contributed by atoms with Gasteiger partial charge < -0.3 is 9.88 Å². The zero-order valence-electron chi connectivity index (χ0n) is 17.6. The Morgan fingerprint density at radius 1 is 1.12 bits per heavy atom. The third kappa shape index (κ3) is 4.85. The molecule has 7 nitrogen and oxygen atoms in total. The lowest BCUT2D eigenvalue weighted by Gasteiger charge is -2.02. The van der Waals surface area contributed by atoms with Gasteiger partial charge in [-0.1, -0.05) is 52.6 Å². The number of benzene rings is 2. The first-order chi connectivity index (χ1) is 16.4. The first-order valence-corrected chi connectivity index (χ1v) is 12.9. The highest BCUT2D eigenvalue weighted by Crippen LogP contribution is 2.29. The molecule has 0 bridgehead atoms. The Morgan fingerprint density at radius 3 is 2.79 bits per heavy atom. The van der Waals surface area contributed by atoms with Crippen LogP contribution in [-0.2, 0) is 18.3 Å². The predicted octanol–water partition coefficient (Wildman–Crippen LogP) is 6.25. The van der Waals surface area contributed by atoms with Crippen LogP contribution >= 0.6 is 57.9 Å². The maximum Gasteiger partial charge on any atom is 0.236 e. The van der Waals surface area contributed by atoms with Crippen molar-refractivity contribution in [1.29, 1.82) is 0 Å². The molecule has 12 heteroatoms. The zero-order valence-corrected chi connectivity index (χ0v) is 21.5. The minimum Gasteiger partial charge on any atom is -0.327 e. The Morgan fingerprint density at radius 2 is 1.97 bits per heavy atom. The van der Waals surface area contributed by atoms with Gasteiger partial charge in [0.05, 0.1) is 21.3 Å². The molecule has 172 valence electrons. The van der Waals surface area contributed by atoms with Crippen LogP contribution in [0.1, 0.15) is 10.4 Å². The molecule has 0 saturated carbocycles. The van der Waals surface area contributed by atoms with Crippen molar-refractivity contribution in [3.8, 4) is 0 Å². The van der Waals surface area contributed by atoms with Gasteiger partial charge in [0.1, 0.15) is 5.52 Å². The van der Waals surface area contributed by atoms with Crippen molar-refractivity contribution in [2.45, 2.75) is 11.6 Å². The maximum atomic E-state index is 12.5. The van der Waals surface area contributed by atoms with E-state index in [0.717, 1.165) is 21.3 Å². The normalized spacial score (nSPS) is 11.4. The van der Waals surface area contributed by atoms with Gasteiger partial charge in [0.2, 0.25) is 11.1 Å². The lowest BCUT2D eigenvalue weighted by atomic mass is 10.1. The Balaban J connectivity index is 1.23. The number of nitrogens with zero attached hydrogens (tertiary/aromatic N) is 5. The fraction of sp³-hybridized carbons (Fsp3) is 0.136. The molecule has 0 aliphatic heterocycles. The molecule has 0 fully saturated rings. The number of hydrogen-bond acceptors (Lipinski definition) is 7. The number of carbonyl (C=O) groups excluding carboxylic acids is 1. The summed E-state index contributed by atoms with van der Waals surface area (Å²) >= 11 is 20.8. The fourth-order valence-electron chi connectivity index (χ4n) is 3.46. The molecule has 0 aliphatic carbocycles. The number of thiazole rings is 1. The van der Waals surface area contributed by atoms with Gasteiger partial charge in [-0.3, -0.25) is 4.79 Å². The second-order valence-electron chi connectivity index (χ2n) is 7.38. The van der Waals surface area contributed by atoms with Crippen LogP contribution < -0.4 is 5.32 Å². The predicted molar refractivity (Wildman–Crippen MR) is 140 cm³/mol. The van der Waals surface area contributed by atoms with E-state index in [1.165, 1.54) is 23.1 Å². The molecule has 1 amide bonds. The number of rotatable bonds is 6. The van der Waals surface area contributed by atoms with E-state index >= 15 is 0 Å². The molecule has 0 unspecified atom stereocenters. The van der Waals surface area contributed by atoms with Gasteiger partial charge in [0.15, 0.2) is 10.8 Å². The van der Waals surface area contributed by atoms with Crippen LogP contribution in [0.15, 0.2) is 47.8 Å². The van der Waals surface area contributed by atoms with Crippen molar-refractivity contribution in [3.05, 3.63) is 68.1 Å². The maximum absolute atomic E-state index is 12.5. The van der Waals surface area contributed by atoms with Gasteiger partial charge >= 0.3 is 0 Å². The van der Waals surface area contributed by atoms with Crippen molar-refractivity contribution in [2.24, 2.45) is 7.05 Å². The number of nitrogens with one attached hydrogen (secondary N) is 1. The lowest BCUT2D eigenvalue weighted by molar-refractivity contribution is -0.113. The molecule has 0 aliphatic rings. The lowest BCUT2D eigenvalue weighted by Crippen LogP contribution is -2.14. The van der Waals surface area contributed by atoms with Crippen molar-refractivity contribution in [3.63, 3.8) is 0 Å². The van der Waals surface area contributed by atoms with Crippen LogP contribution in [0.2, 0.25) is 15.1 Å². The number of halogens is 3. The van der Waals surface area contributed by atoms with Gasteiger partial charge in [-0.15, -0.1) is 21.5 Å². The summed E-state index contributed by atoms with van der Waals surface area (Å²) in [6.45, 7) is 0. The Hall–Kier alpha value is -2.43. The Kier molecular flexibility index (Phi) is 6.63. The second kappa shape index (κ2) is 9.67. The third-order valence-electron chi connectivity index (χ3n) is 5.04. The second-order valence-corrected chi connectivity index (χ2v) is 10.7. The van der Waals surface area contributed by atoms with Gasteiger partial charge in [-0.2, -0.15) is 0 Å². The minimum atomic E-state index is -0.201. The van der Waals surface area contributed by atoms with Crippen molar-refractivity contribution in [2.75, 3.05) is 11.1 Å². The summed E-state index contributed by atoms with van der Waals surface area (Å²) in [6.07, 6.45) is 2.39. The summed E-state index contributed by atoms with van der Waals surface area (Å²) in [5.41, 5.74) is 3.33. The molecule has 0 spiro atoms. The molecule has 3 heterocycles. The fourth-order valence-corrected chi connectivity index (χ4v) is 5.40. The average molecular weight is 550 g/mol. The van der Waals surface area contributed by atoms with Gasteiger partial charge in [0, 0.05) is 35.0 Å².